The Labute approximate surface area is 128 Å². The van der Waals surface area contributed by atoms with Crippen molar-refractivity contribution in [2.45, 2.75) is 25.8 Å². The Morgan fingerprint density at radius 1 is 1.42 bits per heavy atom. The summed E-state index contributed by atoms with van der Waals surface area (Å²) >= 11 is 5.64. The van der Waals surface area contributed by atoms with Crippen LogP contribution in [0.2, 0.25) is 0 Å². The molecule has 0 amide bonds. The van der Waals surface area contributed by atoms with Gasteiger partial charge in [0.15, 0.2) is 0 Å². The highest BCUT2D eigenvalue weighted by molar-refractivity contribution is 9.10. The normalized spacial score (nSPS) is 18.3. The fourth-order valence-corrected chi connectivity index (χ4v) is 4.13. The number of nitrogens with one attached hydrogen (secondary N) is 1. The summed E-state index contributed by atoms with van der Waals surface area (Å²) in [4.78, 5) is 0. The van der Waals surface area contributed by atoms with Crippen LogP contribution in [0.15, 0.2) is 22.7 Å². The van der Waals surface area contributed by atoms with Crippen LogP contribution >= 0.6 is 27.7 Å². The van der Waals surface area contributed by atoms with Crippen LogP contribution in [-0.4, -0.2) is 25.2 Å². The fraction of sp³-hybridized carbons (Fsp3) is 0.600. The molecule has 1 aromatic carbocycles. The third-order valence-electron chi connectivity index (χ3n) is 3.73. The van der Waals surface area contributed by atoms with Crippen LogP contribution in [0.4, 0.5) is 0 Å². The smallest absolute Gasteiger partial charge is 0.133 e. The SMILES string of the molecule is COc1ccc(C(C)NCC2CCSCC2)cc1Br. The zero-order valence-corrected chi connectivity index (χ0v) is 14.0. The summed E-state index contributed by atoms with van der Waals surface area (Å²) in [6, 6.07) is 6.69. The van der Waals surface area contributed by atoms with E-state index in [-0.39, 0.29) is 0 Å². The number of methoxy groups -OCH3 is 1. The van der Waals surface area contributed by atoms with Gasteiger partial charge in [-0.1, -0.05) is 6.07 Å². The van der Waals surface area contributed by atoms with Gasteiger partial charge in [0.05, 0.1) is 11.6 Å². The molecular formula is C15H22BrNOS. The van der Waals surface area contributed by atoms with Gasteiger partial charge in [0.2, 0.25) is 0 Å². The molecule has 4 heteroatoms. The zero-order valence-electron chi connectivity index (χ0n) is 11.6. The first-order valence-corrected chi connectivity index (χ1v) is 8.80. The van der Waals surface area contributed by atoms with E-state index in [9.17, 15) is 0 Å². The molecular weight excluding hydrogens is 322 g/mol. The molecule has 2 rings (SSSR count). The lowest BCUT2D eigenvalue weighted by molar-refractivity contribution is 0.409. The standard InChI is InChI=1S/C15H22BrNOS/c1-11(17-10-12-5-7-19-8-6-12)13-3-4-15(18-2)14(16)9-13/h3-4,9,11-12,17H,5-8,10H2,1-2H3. The van der Waals surface area contributed by atoms with E-state index in [0.29, 0.717) is 6.04 Å². The molecule has 0 radical (unpaired) electrons. The molecule has 1 aliphatic rings. The molecule has 0 bridgehead atoms. The monoisotopic (exact) mass is 343 g/mol. The Morgan fingerprint density at radius 2 is 2.16 bits per heavy atom. The first-order chi connectivity index (χ1) is 9.20. The van der Waals surface area contributed by atoms with Gasteiger partial charge in [-0.25, -0.2) is 0 Å². The van der Waals surface area contributed by atoms with Crippen molar-refractivity contribution in [1.29, 1.82) is 0 Å². The first kappa shape index (κ1) is 15.2. The number of hydrogen-bond acceptors (Lipinski definition) is 3. The van der Waals surface area contributed by atoms with Crippen molar-refractivity contribution >= 4 is 27.7 Å². The van der Waals surface area contributed by atoms with E-state index in [1.165, 1.54) is 29.9 Å². The summed E-state index contributed by atoms with van der Waals surface area (Å²) in [6.07, 6.45) is 2.72. The van der Waals surface area contributed by atoms with Gasteiger partial charge in [-0.2, -0.15) is 11.8 Å². The van der Waals surface area contributed by atoms with Gasteiger partial charge in [-0.15, -0.1) is 0 Å². The number of rotatable bonds is 5. The summed E-state index contributed by atoms with van der Waals surface area (Å²) in [5.74, 6) is 4.40. The molecule has 1 N–H and O–H groups in total. The van der Waals surface area contributed by atoms with E-state index in [1.807, 2.05) is 6.07 Å². The molecule has 1 fully saturated rings. The van der Waals surface area contributed by atoms with E-state index in [0.717, 1.165) is 22.7 Å². The van der Waals surface area contributed by atoms with E-state index in [4.69, 9.17) is 4.74 Å². The molecule has 0 saturated carbocycles. The highest BCUT2D eigenvalue weighted by atomic mass is 79.9. The quantitative estimate of drug-likeness (QED) is 0.863. The van der Waals surface area contributed by atoms with Crippen molar-refractivity contribution in [3.63, 3.8) is 0 Å². The van der Waals surface area contributed by atoms with Gasteiger partial charge in [-0.05, 0) is 77.4 Å². The third kappa shape index (κ3) is 4.40. The van der Waals surface area contributed by atoms with Crippen LogP contribution in [-0.2, 0) is 0 Å². The zero-order chi connectivity index (χ0) is 13.7. The van der Waals surface area contributed by atoms with Crippen molar-refractivity contribution in [3.05, 3.63) is 28.2 Å². The third-order valence-corrected chi connectivity index (χ3v) is 5.40. The molecule has 2 nitrogen and oxygen atoms in total. The van der Waals surface area contributed by atoms with E-state index >= 15 is 0 Å². The van der Waals surface area contributed by atoms with E-state index < -0.39 is 0 Å². The Kier molecular flexibility index (Phi) is 6.05. The minimum Gasteiger partial charge on any atom is -0.496 e. The molecule has 0 aromatic heterocycles. The minimum absolute atomic E-state index is 0.386. The van der Waals surface area contributed by atoms with Crippen molar-refractivity contribution in [3.8, 4) is 5.75 Å². The maximum absolute atomic E-state index is 5.27. The lowest BCUT2D eigenvalue weighted by Crippen LogP contribution is -2.28. The fourth-order valence-electron chi connectivity index (χ4n) is 2.36. The predicted octanol–water partition coefficient (Wildman–Crippen LogP) is 4.25. The van der Waals surface area contributed by atoms with Crippen molar-refractivity contribution in [2.75, 3.05) is 25.2 Å². The van der Waals surface area contributed by atoms with Crippen LogP contribution in [0.25, 0.3) is 0 Å². The van der Waals surface area contributed by atoms with E-state index in [2.05, 4.69) is 52.1 Å². The Morgan fingerprint density at radius 3 is 2.79 bits per heavy atom. The molecule has 0 spiro atoms. The Balaban J connectivity index is 1.88. The largest absolute Gasteiger partial charge is 0.496 e. The molecule has 1 unspecified atom stereocenters. The van der Waals surface area contributed by atoms with Crippen molar-refractivity contribution in [2.24, 2.45) is 5.92 Å². The highest BCUT2D eigenvalue weighted by Crippen LogP contribution is 2.28. The number of thioether (sulfide) groups is 1. The van der Waals surface area contributed by atoms with Gasteiger partial charge in [0.25, 0.3) is 0 Å². The average Bonchev–Trinajstić information content (AvgIpc) is 2.45. The molecule has 1 aromatic rings. The molecule has 0 aliphatic carbocycles. The molecule has 1 atom stereocenters. The van der Waals surface area contributed by atoms with Crippen molar-refractivity contribution < 1.29 is 4.74 Å². The van der Waals surface area contributed by atoms with Crippen molar-refractivity contribution in [1.82, 2.24) is 5.32 Å². The number of hydrogen-bond donors (Lipinski definition) is 1. The van der Waals surface area contributed by atoms with Gasteiger partial charge in [0, 0.05) is 6.04 Å². The van der Waals surface area contributed by atoms with E-state index in [1.54, 1.807) is 7.11 Å². The van der Waals surface area contributed by atoms with Crippen LogP contribution in [0.5, 0.6) is 5.75 Å². The maximum atomic E-state index is 5.27. The summed E-state index contributed by atoms with van der Waals surface area (Å²) in [7, 11) is 1.70. The lowest BCUT2D eigenvalue weighted by Gasteiger charge is -2.24. The van der Waals surface area contributed by atoms with Gasteiger partial charge in [-0.3, -0.25) is 0 Å². The average molecular weight is 344 g/mol. The Hall–Kier alpha value is -0.190. The summed E-state index contributed by atoms with van der Waals surface area (Å²) in [6.45, 7) is 3.36. The first-order valence-electron chi connectivity index (χ1n) is 6.85. The lowest BCUT2D eigenvalue weighted by atomic mass is 10.0. The van der Waals surface area contributed by atoms with Gasteiger partial charge in [0.1, 0.15) is 5.75 Å². The molecule has 106 valence electrons. The number of ether oxygens (including phenoxy) is 1. The van der Waals surface area contributed by atoms with Crippen LogP contribution in [0.1, 0.15) is 31.4 Å². The number of benzene rings is 1. The summed E-state index contributed by atoms with van der Waals surface area (Å²) < 4.78 is 6.29. The Bertz CT molecular complexity index is 407. The maximum Gasteiger partial charge on any atom is 0.133 e. The van der Waals surface area contributed by atoms with Crippen LogP contribution < -0.4 is 10.1 Å². The topological polar surface area (TPSA) is 21.3 Å². The second-order valence-corrected chi connectivity index (χ2v) is 7.16. The number of halogens is 1. The summed E-state index contributed by atoms with van der Waals surface area (Å²) in [5.41, 5.74) is 1.30. The summed E-state index contributed by atoms with van der Waals surface area (Å²) in [5, 5.41) is 3.66. The molecule has 19 heavy (non-hydrogen) atoms. The second kappa shape index (κ2) is 7.55. The molecule has 1 heterocycles. The van der Waals surface area contributed by atoms with Gasteiger partial charge >= 0.3 is 0 Å². The predicted molar refractivity (Wildman–Crippen MR) is 87.2 cm³/mol. The van der Waals surface area contributed by atoms with Gasteiger partial charge < -0.3 is 10.1 Å². The molecule has 1 saturated heterocycles. The van der Waals surface area contributed by atoms with Crippen LogP contribution in [0.3, 0.4) is 0 Å². The molecule has 1 aliphatic heterocycles. The van der Waals surface area contributed by atoms with Crippen LogP contribution in [0, 0.1) is 5.92 Å². The second-order valence-electron chi connectivity index (χ2n) is 5.08. The minimum atomic E-state index is 0.386. The highest BCUT2D eigenvalue weighted by Gasteiger charge is 2.15.